The number of aromatic amines is 1. The van der Waals surface area contributed by atoms with Crippen molar-refractivity contribution in [2.24, 2.45) is 0 Å². The first-order valence-electron chi connectivity index (χ1n) is 9.43. The number of nitrogens with zero attached hydrogens (tertiary/aromatic N) is 1. The number of H-pyrrole nitrogens is 1. The molecule has 0 aliphatic carbocycles. The van der Waals surface area contributed by atoms with Crippen molar-refractivity contribution in [3.63, 3.8) is 0 Å². The van der Waals surface area contributed by atoms with E-state index in [9.17, 15) is 14.2 Å². The second-order valence-electron chi connectivity index (χ2n) is 6.24. The first-order valence-corrected chi connectivity index (χ1v) is 11.0. The van der Waals surface area contributed by atoms with Gasteiger partial charge in [-0.05, 0) is 25.8 Å². The van der Waals surface area contributed by atoms with Gasteiger partial charge in [0.2, 0.25) is 5.91 Å². The zero-order valence-corrected chi connectivity index (χ0v) is 17.4. The summed E-state index contributed by atoms with van der Waals surface area (Å²) in [4.78, 5) is 31.2. The highest BCUT2D eigenvalue weighted by atomic mass is 31.2. The number of benzene rings is 1. The van der Waals surface area contributed by atoms with Crippen molar-refractivity contribution in [1.82, 2.24) is 20.4 Å². The summed E-state index contributed by atoms with van der Waals surface area (Å²) in [5, 5.41) is 5.41. The minimum Gasteiger partial charge on any atom is -0.348 e. The zero-order chi connectivity index (χ0) is 21.1. The molecule has 0 bridgehead atoms. The predicted molar refractivity (Wildman–Crippen MR) is 108 cm³/mol. The van der Waals surface area contributed by atoms with E-state index in [-0.39, 0.29) is 26.1 Å². The fraction of sp³-hybridized carbons (Fsp3) is 0.421. The van der Waals surface area contributed by atoms with Gasteiger partial charge in [-0.25, -0.2) is 14.6 Å². The van der Waals surface area contributed by atoms with Crippen molar-refractivity contribution in [2.45, 2.75) is 38.8 Å². The lowest BCUT2D eigenvalue weighted by atomic mass is 10.1. The molecule has 1 aromatic carbocycles. The Balaban J connectivity index is 2.16. The molecule has 158 valence electrons. The van der Waals surface area contributed by atoms with Crippen LogP contribution in [0.25, 0.3) is 0 Å². The molecule has 3 N–H and O–H groups in total. The van der Waals surface area contributed by atoms with Gasteiger partial charge in [0.15, 0.2) is 0 Å². The molecule has 0 unspecified atom stereocenters. The highest BCUT2D eigenvalue weighted by Gasteiger charge is 2.32. The number of aromatic nitrogens is 2. The Kier molecular flexibility index (Phi) is 9.21. The van der Waals surface area contributed by atoms with Crippen molar-refractivity contribution in [1.29, 1.82) is 0 Å². The monoisotopic (exact) mass is 422 g/mol. The molecule has 2 rings (SSSR count). The smallest absolute Gasteiger partial charge is 0.348 e. The zero-order valence-electron chi connectivity index (χ0n) is 16.5. The fourth-order valence-corrected chi connectivity index (χ4v) is 4.23. The molecular weight excluding hydrogens is 395 g/mol. The number of nitrogens with one attached hydrogen (secondary N) is 3. The van der Waals surface area contributed by atoms with Crippen LogP contribution in [0, 0.1) is 0 Å². The molecule has 0 saturated carbocycles. The summed E-state index contributed by atoms with van der Waals surface area (Å²) in [5.74, 6) is -0.481. The van der Waals surface area contributed by atoms with E-state index in [1.807, 2.05) is 30.3 Å². The van der Waals surface area contributed by atoms with Crippen LogP contribution in [0.3, 0.4) is 0 Å². The van der Waals surface area contributed by atoms with Gasteiger partial charge in [0.1, 0.15) is 12.3 Å². The summed E-state index contributed by atoms with van der Waals surface area (Å²) in [6.07, 6.45) is 4.25. The number of carbonyl (C=O) groups excluding carboxylic acids is 2. The summed E-state index contributed by atoms with van der Waals surface area (Å²) in [5.41, 5.74) is 1.57. The fourth-order valence-electron chi connectivity index (χ4n) is 2.74. The Bertz CT molecular complexity index is 790. The maximum Gasteiger partial charge on any atom is 0.406 e. The predicted octanol–water partition coefficient (Wildman–Crippen LogP) is 2.02. The molecule has 9 nitrogen and oxygen atoms in total. The molecule has 0 spiro atoms. The second-order valence-corrected chi connectivity index (χ2v) is 8.01. The van der Waals surface area contributed by atoms with Crippen LogP contribution < -0.4 is 10.4 Å². The standard InChI is InChI=1S/C19H27N4O5P/c1-3-27-29(26,28-4-2)23-18(10-15-8-6-5-7-9-15)19(25)22-17(13-24)11-16-12-20-14-21-16/h5-9,12-14,17-18H,3-4,10-11H2,1-2H3,(H,20,21)(H,22,25)(H,23,26)/t17-,18-/m0/s1. The Hall–Kier alpha value is -2.32. The van der Waals surface area contributed by atoms with Crippen molar-refractivity contribution >= 4 is 19.9 Å². The van der Waals surface area contributed by atoms with Gasteiger partial charge in [0, 0.05) is 18.3 Å². The molecule has 0 saturated heterocycles. The lowest BCUT2D eigenvalue weighted by Crippen LogP contribution is -2.49. The molecule has 1 heterocycles. The Labute approximate surface area is 170 Å². The Morgan fingerprint density at radius 1 is 1.21 bits per heavy atom. The topological polar surface area (TPSA) is 122 Å². The van der Waals surface area contributed by atoms with Crippen LogP contribution in [0.2, 0.25) is 0 Å². The van der Waals surface area contributed by atoms with Crippen molar-refractivity contribution in [3.8, 4) is 0 Å². The minimum absolute atomic E-state index is 0.154. The van der Waals surface area contributed by atoms with Gasteiger partial charge in [0.05, 0.1) is 25.6 Å². The Morgan fingerprint density at radius 2 is 1.90 bits per heavy atom. The second kappa shape index (κ2) is 11.6. The van der Waals surface area contributed by atoms with Gasteiger partial charge >= 0.3 is 7.75 Å². The number of imidazole rings is 1. The average molecular weight is 422 g/mol. The lowest BCUT2D eigenvalue weighted by Gasteiger charge is -2.25. The van der Waals surface area contributed by atoms with E-state index in [2.05, 4.69) is 20.4 Å². The minimum atomic E-state index is -3.69. The summed E-state index contributed by atoms with van der Waals surface area (Å²) in [6, 6.07) is 7.59. The number of hydrogen-bond donors (Lipinski definition) is 3. The molecule has 1 amide bonds. The van der Waals surface area contributed by atoms with E-state index in [4.69, 9.17) is 9.05 Å². The summed E-state index contributed by atoms with van der Waals surface area (Å²) >= 11 is 0. The largest absolute Gasteiger partial charge is 0.406 e. The average Bonchev–Trinajstić information content (AvgIpc) is 3.21. The Morgan fingerprint density at radius 3 is 2.45 bits per heavy atom. The first kappa shape index (κ1) is 23.0. The first-order chi connectivity index (χ1) is 14.0. The van der Waals surface area contributed by atoms with E-state index >= 15 is 0 Å². The molecule has 0 aliphatic rings. The summed E-state index contributed by atoms with van der Waals surface area (Å²) in [6.45, 7) is 3.68. The third-order valence-corrected chi connectivity index (χ3v) is 5.82. The van der Waals surface area contributed by atoms with E-state index in [0.717, 1.165) is 5.56 Å². The molecule has 29 heavy (non-hydrogen) atoms. The van der Waals surface area contributed by atoms with Crippen LogP contribution in [0.5, 0.6) is 0 Å². The quantitative estimate of drug-likeness (QED) is 0.333. The van der Waals surface area contributed by atoms with Gasteiger partial charge in [-0.1, -0.05) is 30.3 Å². The molecular formula is C19H27N4O5P. The molecule has 0 radical (unpaired) electrons. The van der Waals surface area contributed by atoms with Crippen LogP contribution in [-0.2, 0) is 36.0 Å². The van der Waals surface area contributed by atoms with Crippen LogP contribution >= 0.6 is 7.75 Å². The van der Waals surface area contributed by atoms with E-state index in [1.165, 1.54) is 6.33 Å². The molecule has 10 heteroatoms. The van der Waals surface area contributed by atoms with E-state index in [1.54, 1.807) is 20.0 Å². The van der Waals surface area contributed by atoms with Crippen molar-refractivity contribution < 1.29 is 23.2 Å². The highest BCUT2D eigenvalue weighted by molar-refractivity contribution is 7.51. The van der Waals surface area contributed by atoms with Gasteiger partial charge in [0.25, 0.3) is 0 Å². The maximum absolute atomic E-state index is 12.9. The molecule has 1 aromatic heterocycles. The van der Waals surface area contributed by atoms with Gasteiger partial charge < -0.3 is 15.1 Å². The lowest BCUT2D eigenvalue weighted by molar-refractivity contribution is -0.125. The van der Waals surface area contributed by atoms with E-state index in [0.29, 0.717) is 12.0 Å². The third kappa shape index (κ3) is 7.55. The number of carbonyl (C=O) groups is 2. The van der Waals surface area contributed by atoms with Crippen molar-refractivity contribution in [3.05, 3.63) is 54.1 Å². The summed E-state index contributed by atoms with van der Waals surface area (Å²) < 4.78 is 23.4. The van der Waals surface area contributed by atoms with Crippen LogP contribution in [0.15, 0.2) is 42.9 Å². The van der Waals surface area contributed by atoms with Crippen LogP contribution in [-0.4, -0.2) is 47.5 Å². The number of rotatable bonds is 13. The molecule has 2 aromatic rings. The highest BCUT2D eigenvalue weighted by Crippen LogP contribution is 2.44. The van der Waals surface area contributed by atoms with Gasteiger partial charge in [-0.3, -0.25) is 13.8 Å². The summed E-state index contributed by atoms with van der Waals surface area (Å²) in [7, 11) is -3.69. The van der Waals surface area contributed by atoms with Gasteiger partial charge in [-0.2, -0.15) is 0 Å². The van der Waals surface area contributed by atoms with Crippen LogP contribution in [0.4, 0.5) is 0 Å². The normalized spacial score (nSPS) is 13.6. The van der Waals surface area contributed by atoms with E-state index < -0.39 is 25.7 Å². The third-order valence-electron chi connectivity index (χ3n) is 4.00. The SMILES string of the molecule is CCOP(=O)(N[C@@H](Cc1ccccc1)C(=O)N[C@H](C=O)Cc1cnc[nH]1)OCC. The number of hydrogen-bond acceptors (Lipinski definition) is 6. The van der Waals surface area contributed by atoms with Gasteiger partial charge in [-0.15, -0.1) is 0 Å². The number of aldehydes is 1. The molecule has 2 atom stereocenters. The number of amides is 1. The molecule has 0 aliphatic heterocycles. The van der Waals surface area contributed by atoms with Crippen molar-refractivity contribution in [2.75, 3.05) is 13.2 Å². The van der Waals surface area contributed by atoms with Crippen LogP contribution in [0.1, 0.15) is 25.1 Å². The molecule has 0 fully saturated rings. The maximum atomic E-state index is 12.9.